The zero-order valence-electron chi connectivity index (χ0n) is 11.3. The minimum Gasteiger partial charge on any atom is -0.492 e. The number of nitriles is 1. The van der Waals surface area contributed by atoms with E-state index in [9.17, 15) is 0 Å². The van der Waals surface area contributed by atoms with Crippen LogP contribution in [0.4, 0.5) is 5.95 Å². The molecule has 5 nitrogen and oxygen atoms in total. The lowest BCUT2D eigenvalue weighted by Crippen LogP contribution is -2.12. The Bertz CT molecular complexity index is 738. The molecule has 3 rings (SSSR count). The largest absolute Gasteiger partial charge is 0.492 e. The Morgan fingerprint density at radius 2 is 1.95 bits per heavy atom. The van der Waals surface area contributed by atoms with Crippen LogP contribution in [-0.4, -0.2) is 23.1 Å². The molecule has 5 heteroatoms. The molecule has 3 aromatic rings. The van der Waals surface area contributed by atoms with Gasteiger partial charge in [0.15, 0.2) is 0 Å². The number of ether oxygens (including phenoxy) is 1. The normalized spacial score (nSPS) is 10.2. The molecule has 0 atom stereocenters. The number of fused-ring (bicyclic) bond motifs is 1. The van der Waals surface area contributed by atoms with Gasteiger partial charge in [0.1, 0.15) is 12.4 Å². The Labute approximate surface area is 122 Å². The summed E-state index contributed by atoms with van der Waals surface area (Å²) in [5, 5.41) is 11.9. The fourth-order valence-electron chi connectivity index (χ4n) is 2.00. The van der Waals surface area contributed by atoms with E-state index in [0.717, 1.165) is 22.7 Å². The first-order valence-corrected chi connectivity index (χ1v) is 6.67. The second kappa shape index (κ2) is 5.97. The third-order valence-electron chi connectivity index (χ3n) is 3.04. The molecular weight excluding hydrogens is 264 g/mol. The number of hydrogen-bond acceptors (Lipinski definition) is 4. The van der Waals surface area contributed by atoms with Gasteiger partial charge in [0.2, 0.25) is 5.95 Å². The van der Waals surface area contributed by atoms with E-state index >= 15 is 0 Å². The average molecular weight is 278 g/mol. The minimum atomic E-state index is 0.517. The lowest BCUT2D eigenvalue weighted by atomic mass is 10.2. The number of nitrogens with zero attached hydrogens (tertiary/aromatic N) is 2. The van der Waals surface area contributed by atoms with Crippen LogP contribution in [-0.2, 0) is 0 Å². The van der Waals surface area contributed by atoms with E-state index in [1.165, 1.54) is 0 Å². The number of para-hydroxylation sites is 2. The second-order valence-corrected chi connectivity index (χ2v) is 4.51. The van der Waals surface area contributed by atoms with Crippen molar-refractivity contribution in [2.45, 2.75) is 0 Å². The number of benzene rings is 2. The van der Waals surface area contributed by atoms with Crippen molar-refractivity contribution >= 4 is 17.0 Å². The van der Waals surface area contributed by atoms with Gasteiger partial charge in [-0.25, -0.2) is 4.98 Å². The molecule has 0 aliphatic heterocycles. The smallest absolute Gasteiger partial charge is 0.201 e. The molecule has 0 fully saturated rings. The third-order valence-corrected chi connectivity index (χ3v) is 3.04. The van der Waals surface area contributed by atoms with Crippen LogP contribution >= 0.6 is 0 Å². The molecule has 0 amide bonds. The lowest BCUT2D eigenvalue weighted by molar-refractivity contribution is 0.332. The summed E-state index contributed by atoms with van der Waals surface area (Å²) >= 11 is 0. The molecule has 0 saturated carbocycles. The summed E-state index contributed by atoms with van der Waals surface area (Å²) < 4.78 is 5.59. The summed E-state index contributed by atoms with van der Waals surface area (Å²) in [7, 11) is 0. The van der Waals surface area contributed by atoms with Gasteiger partial charge in [-0.3, -0.25) is 0 Å². The zero-order valence-corrected chi connectivity index (χ0v) is 11.3. The molecule has 0 saturated heterocycles. The van der Waals surface area contributed by atoms with E-state index in [4.69, 9.17) is 10.00 Å². The molecule has 1 heterocycles. The number of anilines is 1. The van der Waals surface area contributed by atoms with Crippen molar-refractivity contribution < 1.29 is 4.74 Å². The number of rotatable bonds is 5. The van der Waals surface area contributed by atoms with E-state index in [2.05, 4.69) is 21.4 Å². The zero-order chi connectivity index (χ0) is 14.5. The number of imidazole rings is 1. The van der Waals surface area contributed by atoms with Crippen LogP contribution in [0, 0.1) is 11.3 Å². The van der Waals surface area contributed by atoms with Crippen molar-refractivity contribution in [2.24, 2.45) is 0 Å². The van der Waals surface area contributed by atoms with Crippen LogP contribution in [0.1, 0.15) is 5.56 Å². The first-order valence-electron chi connectivity index (χ1n) is 6.67. The summed E-state index contributed by atoms with van der Waals surface area (Å²) in [6.07, 6.45) is 0. The van der Waals surface area contributed by atoms with Gasteiger partial charge in [-0.05, 0) is 36.4 Å². The first kappa shape index (κ1) is 13.0. The maximum Gasteiger partial charge on any atom is 0.201 e. The monoisotopic (exact) mass is 278 g/mol. The van der Waals surface area contributed by atoms with E-state index in [1.807, 2.05) is 24.3 Å². The van der Waals surface area contributed by atoms with E-state index in [0.29, 0.717) is 18.7 Å². The number of nitrogens with one attached hydrogen (secondary N) is 2. The van der Waals surface area contributed by atoms with Crippen LogP contribution < -0.4 is 10.1 Å². The van der Waals surface area contributed by atoms with E-state index in [-0.39, 0.29) is 0 Å². The number of H-pyrrole nitrogens is 1. The molecule has 2 aromatic carbocycles. The molecule has 0 bridgehead atoms. The lowest BCUT2D eigenvalue weighted by Gasteiger charge is -2.06. The quantitative estimate of drug-likeness (QED) is 0.704. The summed E-state index contributed by atoms with van der Waals surface area (Å²) in [5.41, 5.74) is 2.57. The van der Waals surface area contributed by atoms with Crippen molar-refractivity contribution in [3.63, 3.8) is 0 Å². The van der Waals surface area contributed by atoms with Gasteiger partial charge >= 0.3 is 0 Å². The molecule has 0 aliphatic carbocycles. The Morgan fingerprint density at radius 3 is 2.71 bits per heavy atom. The Balaban J connectivity index is 1.50. The number of hydrogen-bond donors (Lipinski definition) is 2. The SMILES string of the molecule is N#Cc1ccc(OCCNc2nc3ccccc3[nH]2)cc1. The minimum absolute atomic E-state index is 0.517. The first-order chi connectivity index (χ1) is 10.3. The van der Waals surface area contributed by atoms with Gasteiger partial charge in [-0.1, -0.05) is 12.1 Å². The highest BCUT2D eigenvalue weighted by Crippen LogP contribution is 2.13. The topological polar surface area (TPSA) is 73.7 Å². The van der Waals surface area contributed by atoms with E-state index in [1.54, 1.807) is 24.3 Å². The van der Waals surface area contributed by atoms with Crippen molar-refractivity contribution in [2.75, 3.05) is 18.5 Å². The average Bonchev–Trinajstić information content (AvgIpc) is 2.95. The number of aromatic amines is 1. The van der Waals surface area contributed by atoms with Gasteiger partial charge in [0.25, 0.3) is 0 Å². The van der Waals surface area contributed by atoms with Gasteiger partial charge in [0.05, 0.1) is 29.2 Å². The molecule has 0 unspecified atom stereocenters. The molecule has 104 valence electrons. The maximum absolute atomic E-state index is 8.72. The summed E-state index contributed by atoms with van der Waals surface area (Å²) in [5.74, 6) is 1.49. The van der Waals surface area contributed by atoms with Crippen LogP contribution in [0.2, 0.25) is 0 Å². The Morgan fingerprint density at radius 1 is 1.14 bits per heavy atom. The third kappa shape index (κ3) is 3.12. The molecule has 0 spiro atoms. The molecule has 0 aliphatic rings. The Kier molecular flexibility index (Phi) is 3.70. The maximum atomic E-state index is 8.72. The molecule has 0 radical (unpaired) electrons. The summed E-state index contributed by atoms with van der Waals surface area (Å²) in [6, 6.07) is 17.0. The van der Waals surface area contributed by atoms with Crippen molar-refractivity contribution in [1.82, 2.24) is 9.97 Å². The van der Waals surface area contributed by atoms with Crippen LogP contribution in [0.15, 0.2) is 48.5 Å². The highest BCUT2D eigenvalue weighted by atomic mass is 16.5. The summed E-state index contributed by atoms with van der Waals surface area (Å²) in [6.45, 7) is 1.16. The van der Waals surface area contributed by atoms with Crippen molar-refractivity contribution in [3.8, 4) is 11.8 Å². The highest BCUT2D eigenvalue weighted by molar-refractivity contribution is 5.77. The molecular formula is C16H14N4O. The second-order valence-electron chi connectivity index (χ2n) is 4.51. The fourth-order valence-corrected chi connectivity index (χ4v) is 2.00. The van der Waals surface area contributed by atoms with Crippen molar-refractivity contribution in [3.05, 3.63) is 54.1 Å². The van der Waals surface area contributed by atoms with Crippen LogP contribution in [0.25, 0.3) is 11.0 Å². The predicted molar refractivity (Wildman–Crippen MR) is 81.2 cm³/mol. The summed E-state index contributed by atoms with van der Waals surface area (Å²) in [4.78, 5) is 7.62. The van der Waals surface area contributed by atoms with Gasteiger partial charge < -0.3 is 15.0 Å². The predicted octanol–water partition coefficient (Wildman–Crippen LogP) is 2.93. The van der Waals surface area contributed by atoms with Gasteiger partial charge in [0, 0.05) is 0 Å². The van der Waals surface area contributed by atoms with E-state index < -0.39 is 0 Å². The van der Waals surface area contributed by atoms with Crippen molar-refractivity contribution in [1.29, 1.82) is 5.26 Å². The number of aromatic nitrogens is 2. The van der Waals surface area contributed by atoms with Crippen LogP contribution in [0.5, 0.6) is 5.75 Å². The molecule has 21 heavy (non-hydrogen) atoms. The fraction of sp³-hybridized carbons (Fsp3) is 0.125. The molecule has 1 aromatic heterocycles. The van der Waals surface area contributed by atoms with Gasteiger partial charge in [-0.15, -0.1) is 0 Å². The highest BCUT2D eigenvalue weighted by Gasteiger charge is 2.00. The Hall–Kier alpha value is -3.00. The van der Waals surface area contributed by atoms with Crippen LogP contribution in [0.3, 0.4) is 0 Å². The van der Waals surface area contributed by atoms with Gasteiger partial charge in [-0.2, -0.15) is 5.26 Å². The molecule has 2 N–H and O–H groups in total. The standard InChI is InChI=1S/C16H14N4O/c17-11-12-5-7-13(8-6-12)21-10-9-18-16-19-14-3-1-2-4-15(14)20-16/h1-8H,9-10H2,(H2,18,19,20).